The van der Waals surface area contributed by atoms with E-state index in [4.69, 9.17) is 9.47 Å². The molecule has 6 nitrogen and oxygen atoms in total. The van der Waals surface area contributed by atoms with Crippen molar-refractivity contribution >= 4 is 65.9 Å². The van der Waals surface area contributed by atoms with E-state index >= 15 is 0 Å². The van der Waals surface area contributed by atoms with E-state index in [0.29, 0.717) is 17.1 Å². The van der Waals surface area contributed by atoms with Crippen LogP contribution in [-0.4, -0.2) is 24.7 Å². The van der Waals surface area contributed by atoms with E-state index in [-0.39, 0.29) is 6.61 Å². The molecule has 0 saturated heterocycles. The highest BCUT2D eigenvalue weighted by atomic mass is 79.9. The summed E-state index contributed by atoms with van der Waals surface area (Å²) in [5.74, 6) is 0.100. The van der Waals surface area contributed by atoms with Crippen LogP contribution < -0.4 is 14.9 Å². The number of carbonyl (C=O) groups excluding carboxylic acids is 2. The van der Waals surface area contributed by atoms with Crippen molar-refractivity contribution in [3.05, 3.63) is 90.8 Å². The minimum Gasteiger partial charge on any atom is -0.481 e. The maximum absolute atomic E-state index is 12.2. The van der Waals surface area contributed by atoms with Gasteiger partial charge >= 0.3 is 5.97 Å². The van der Waals surface area contributed by atoms with Gasteiger partial charge in [-0.2, -0.15) is 5.10 Å². The summed E-state index contributed by atoms with van der Waals surface area (Å²) in [6, 6.07) is 17.4. The Labute approximate surface area is 210 Å². The quantitative estimate of drug-likeness (QED) is 0.151. The summed E-state index contributed by atoms with van der Waals surface area (Å²) in [4.78, 5) is 24.1. The van der Waals surface area contributed by atoms with Crippen LogP contribution in [0.25, 0.3) is 0 Å². The van der Waals surface area contributed by atoms with Gasteiger partial charge in [-0.25, -0.2) is 10.2 Å². The van der Waals surface area contributed by atoms with Gasteiger partial charge in [-0.05, 0) is 111 Å². The van der Waals surface area contributed by atoms with E-state index in [1.807, 2.05) is 19.1 Å². The van der Waals surface area contributed by atoms with Crippen LogP contribution in [0.4, 0.5) is 0 Å². The highest BCUT2D eigenvalue weighted by Gasteiger charge is 2.10. The van der Waals surface area contributed by atoms with Crippen LogP contribution in [-0.2, 0) is 4.79 Å². The van der Waals surface area contributed by atoms with Gasteiger partial charge in [0.15, 0.2) is 6.61 Å². The van der Waals surface area contributed by atoms with Crippen molar-refractivity contribution in [1.29, 1.82) is 0 Å². The van der Waals surface area contributed by atoms with Crippen LogP contribution in [0.15, 0.2) is 79.2 Å². The average Bonchev–Trinajstić information content (AvgIpc) is 2.74. The Balaban J connectivity index is 1.48. The molecule has 0 aromatic heterocycles. The summed E-state index contributed by atoms with van der Waals surface area (Å²) in [6.07, 6.45) is 1.48. The second kappa shape index (κ2) is 11.4. The van der Waals surface area contributed by atoms with E-state index in [1.165, 1.54) is 6.21 Å². The Morgan fingerprint density at radius 3 is 2.22 bits per heavy atom. The zero-order valence-electron chi connectivity index (χ0n) is 16.8. The third kappa shape index (κ3) is 7.01. The Kier molecular flexibility index (Phi) is 8.60. The number of esters is 1. The summed E-state index contributed by atoms with van der Waals surface area (Å²) in [7, 11) is 0. The van der Waals surface area contributed by atoms with E-state index < -0.39 is 11.9 Å². The van der Waals surface area contributed by atoms with Gasteiger partial charge in [0, 0.05) is 4.47 Å². The first-order valence-corrected chi connectivity index (χ1v) is 11.7. The molecule has 1 amide bonds. The molecule has 0 unspecified atom stereocenters. The molecule has 0 saturated carbocycles. The zero-order chi connectivity index (χ0) is 23.1. The van der Waals surface area contributed by atoms with Crippen molar-refractivity contribution in [2.75, 3.05) is 6.61 Å². The van der Waals surface area contributed by atoms with Gasteiger partial charge in [0.25, 0.3) is 5.91 Å². The van der Waals surface area contributed by atoms with Crippen molar-refractivity contribution in [2.24, 2.45) is 5.10 Å². The Bertz CT molecular complexity index is 1120. The molecule has 0 radical (unpaired) electrons. The van der Waals surface area contributed by atoms with Gasteiger partial charge in [0.2, 0.25) is 0 Å². The van der Waals surface area contributed by atoms with Crippen molar-refractivity contribution < 1.29 is 19.1 Å². The van der Waals surface area contributed by atoms with Crippen LogP contribution in [0.5, 0.6) is 11.5 Å². The first-order chi connectivity index (χ1) is 15.3. The summed E-state index contributed by atoms with van der Waals surface area (Å²) >= 11 is 10.2. The summed E-state index contributed by atoms with van der Waals surface area (Å²) < 4.78 is 13.3. The van der Waals surface area contributed by atoms with Gasteiger partial charge in [0.1, 0.15) is 11.5 Å². The molecule has 164 valence electrons. The van der Waals surface area contributed by atoms with Gasteiger partial charge in [-0.3, -0.25) is 4.79 Å². The zero-order valence-corrected chi connectivity index (χ0v) is 21.5. The number of carbonyl (C=O) groups is 2. The molecule has 0 spiro atoms. The predicted molar refractivity (Wildman–Crippen MR) is 133 cm³/mol. The lowest BCUT2D eigenvalue weighted by atomic mass is 10.2. The van der Waals surface area contributed by atoms with Crippen molar-refractivity contribution in [2.45, 2.75) is 6.92 Å². The van der Waals surface area contributed by atoms with Gasteiger partial charge < -0.3 is 9.47 Å². The van der Waals surface area contributed by atoms with E-state index in [0.717, 1.165) is 24.5 Å². The first-order valence-electron chi connectivity index (χ1n) is 9.30. The molecule has 32 heavy (non-hydrogen) atoms. The standard InChI is InChI=1S/C23H17Br3N2O4/c1-14-10-19(25)22(20(26)11-14)31-13-21(29)28-27-12-15-2-8-18(9-3-15)32-23(30)16-4-6-17(24)7-5-16/h2-12H,13H2,1H3,(H,28,29)/b27-12+. The maximum atomic E-state index is 12.2. The molecule has 1 N–H and O–H groups in total. The molecule has 0 fully saturated rings. The number of aryl methyl sites for hydroxylation is 1. The topological polar surface area (TPSA) is 77.0 Å². The fourth-order valence-corrected chi connectivity index (χ4v) is 4.46. The second-order valence-electron chi connectivity index (χ2n) is 6.60. The Hall–Kier alpha value is -2.49. The molecule has 0 heterocycles. The van der Waals surface area contributed by atoms with Gasteiger partial charge in [-0.1, -0.05) is 15.9 Å². The SMILES string of the molecule is Cc1cc(Br)c(OCC(=O)N/N=C/c2ccc(OC(=O)c3ccc(Br)cc3)cc2)c(Br)c1. The number of nitrogens with one attached hydrogen (secondary N) is 1. The lowest BCUT2D eigenvalue weighted by molar-refractivity contribution is -0.123. The molecule has 9 heteroatoms. The summed E-state index contributed by atoms with van der Waals surface area (Å²) in [5, 5.41) is 3.92. The highest BCUT2D eigenvalue weighted by molar-refractivity contribution is 9.11. The van der Waals surface area contributed by atoms with E-state index in [2.05, 4.69) is 58.3 Å². The number of ether oxygens (including phenoxy) is 2. The highest BCUT2D eigenvalue weighted by Crippen LogP contribution is 2.34. The van der Waals surface area contributed by atoms with Crippen LogP contribution >= 0.6 is 47.8 Å². The number of hydrogen-bond acceptors (Lipinski definition) is 5. The number of benzene rings is 3. The van der Waals surface area contributed by atoms with Crippen molar-refractivity contribution in [3.8, 4) is 11.5 Å². The molecule has 3 aromatic rings. The van der Waals surface area contributed by atoms with E-state index in [1.54, 1.807) is 48.5 Å². The number of halogens is 3. The molecule has 0 atom stereocenters. The average molecular weight is 625 g/mol. The van der Waals surface area contributed by atoms with Crippen molar-refractivity contribution in [1.82, 2.24) is 5.43 Å². The number of nitrogens with zero attached hydrogens (tertiary/aromatic N) is 1. The first kappa shape index (κ1) is 24.2. The Morgan fingerprint density at radius 2 is 1.59 bits per heavy atom. The fraction of sp³-hybridized carbons (Fsp3) is 0.0870. The molecule has 0 bridgehead atoms. The monoisotopic (exact) mass is 622 g/mol. The lowest BCUT2D eigenvalue weighted by Crippen LogP contribution is -2.24. The number of amides is 1. The third-order valence-electron chi connectivity index (χ3n) is 4.06. The summed E-state index contributed by atoms with van der Waals surface area (Å²) in [5.41, 5.74) is 4.64. The van der Waals surface area contributed by atoms with Crippen LogP contribution in [0.3, 0.4) is 0 Å². The normalized spacial score (nSPS) is 10.8. The minimum atomic E-state index is -0.446. The van der Waals surface area contributed by atoms with Crippen LogP contribution in [0.2, 0.25) is 0 Å². The van der Waals surface area contributed by atoms with E-state index in [9.17, 15) is 9.59 Å². The second-order valence-corrected chi connectivity index (χ2v) is 9.23. The van der Waals surface area contributed by atoms with Gasteiger partial charge in [0.05, 0.1) is 20.7 Å². The van der Waals surface area contributed by atoms with Gasteiger partial charge in [-0.15, -0.1) is 0 Å². The number of hydrogen-bond donors (Lipinski definition) is 1. The number of hydrazone groups is 1. The van der Waals surface area contributed by atoms with Crippen LogP contribution in [0.1, 0.15) is 21.5 Å². The minimum absolute atomic E-state index is 0.192. The van der Waals surface area contributed by atoms with Crippen molar-refractivity contribution in [3.63, 3.8) is 0 Å². The number of rotatable bonds is 7. The largest absolute Gasteiger partial charge is 0.481 e. The molecule has 0 aliphatic rings. The van der Waals surface area contributed by atoms with Crippen LogP contribution in [0, 0.1) is 6.92 Å². The molecular weight excluding hydrogens is 608 g/mol. The molecule has 3 rings (SSSR count). The lowest BCUT2D eigenvalue weighted by Gasteiger charge is -2.10. The smallest absolute Gasteiger partial charge is 0.343 e. The third-order valence-corrected chi connectivity index (χ3v) is 5.77. The molecular formula is C23H17Br3N2O4. The maximum Gasteiger partial charge on any atom is 0.343 e. The molecule has 3 aromatic carbocycles. The predicted octanol–water partition coefficient (Wildman–Crippen LogP) is 6.03. The molecule has 0 aliphatic carbocycles. The Morgan fingerprint density at radius 1 is 0.969 bits per heavy atom. The molecule has 0 aliphatic heterocycles. The fourth-order valence-electron chi connectivity index (χ4n) is 2.55. The summed E-state index contributed by atoms with van der Waals surface area (Å²) in [6.45, 7) is 1.77.